The largest absolute Gasteiger partial charge is 0.320 e. The normalized spacial score (nSPS) is 12.7. The van der Waals surface area contributed by atoms with Gasteiger partial charge in [-0.15, -0.1) is 0 Å². The predicted octanol–water partition coefficient (Wildman–Crippen LogP) is 3.70. The molecule has 2 aromatic rings. The highest BCUT2D eigenvalue weighted by Crippen LogP contribution is 2.26. The lowest BCUT2D eigenvalue weighted by Gasteiger charge is -2.11. The SMILES string of the molecule is N[C@@H](c1ccsc1)c1cc(Br)ccc1F. The molecular weight excluding hydrogens is 277 g/mol. The second-order valence-electron chi connectivity index (χ2n) is 3.20. The van der Waals surface area contributed by atoms with Gasteiger partial charge in [-0.1, -0.05) is 15.9 Å². The van der Waals surface area contributed by atoms with E-state index in [0.717, 1.165) is 10.0 Å². The van der Waals surface area contributed by atoms with Crippen molar-refractivity contribution in [2.45, 2.75) is 6.04 Å². The van der Waals surface area contributed by atoms with Gasteiger partial charge in [0.15, 0.2) is 0 Å². The van der Waals surface area contributed by atoms with Gasteiger partial charge in [-0.3, -0.25) is 0 Å². The summed E-state index contributed by atoms with van der Waals surface area (Å²) in [7, 11) is 0. The number of rotatable bonds is 2. The van der Waals surface area contributed by atoms with Gasteiger partial charge < -0.3 is 5.73 Å². The van der Waals surface area contributed by atoms with Crippen LogP contribution in [0.25, 0.3) is 0 Å². The van der Waals surface area contributed by atoms with Gasteiger partial charge >= 0.3 is 0 Å². The van der Waals surface area contributed by atoms with Crippen LogP contribution in [0.4, 0.5) is 4.39 Å². The second kappa shape index (κ2) is 4.43. The maximum atomic E-state index is 13.5. The Labute approximate surface area is 99.9 Å². The van der Waals surface area contributed by atoms with Gasteiger partial charge in [-0.25, -0.2) is 4.39 Å². The van der Waals surface area contributed by atoms with Gasteiger partial charge in [0, 0.05) is 10.0 Å². The van der Waals surface area contributed by atoms with Crippen molar-refractivity contribution in [2.24, 2.45) is 5.73 Å². The van der Waals surface area contributed by atoms with Crippen molar-refractivity contribution in [1.29, 1.82) is 0 Å². The molecule has 1 nitrogen and oxygen atoms in total. The molecule has 0 saturated carbocycles. The highest BCUT2D eigenvalue weighted by molar-refractivity contribution is 9.10. The molecule has 0 radical (unpaired) electrons. The molecule has 0 fully saturated rings. The molecule has 0 bridgehead atoms. The first kappa shape index (κ1) is 10.8. The van der Waals surface area contributed by atoms with Gasteiger partial charge in [0.2, 0.25) is 0 Å². The van der Waals surface area contributed by atoms with Crippen LogP contribution in [-0.2, 0) is 0 Å². The number of hydrogen-bond donors (Lipinski definition) is 1. The Hall–Kier alpha value is -0.710. The van der Waals surface area contributed by atoms with E-state index in [2.05, 4.69) is 15.9 Å². The second-order valence-corrected chi connectivity index (χ2v) is 4.90. The molecule has 0 aliphatic carbocycles. The molecule has 0 saturated heterocycles. The first-order valence-corrected chi connectivity index (χ1v) is 6.14. The van der Waals surface area contributed by atoms with Crippen LogP contribution >= 0.6 is 27.3 Å². The number of benzene rings is 1. The van der Waals surface area contributed by atoms with E-state index in [1.165, 1.54) is 6.07 Å². The summed E-state index contributed by atoms with van der Waals surface area (Å²) in [4.78, 5) is 0. The van der Waals surface area contributed by atoms with E-state index in [9.17, 15) is 4.39 Å². The highest BCUT2D eigenvalue weighted by Gasteiger charge is 2.13. The number of hydrogen-bond acceptors (Lipinski definition) is 2. The van der Waals surface area contributed by atoms with Gasteiger partial charge in [0.05, 0.1) is 6.04 Å². The number of halogens is 2. The molecular formula is C11H9BrFNS. The van der Waals surface area contributed by atoms with Crippen LogP contribution in [0.2, 0.25) is 0 Å². The van der Waals surface area contributed by atoms with E-state index in [1.54, 1.807) is 23.5 Å². The van der Waals surface area contributed by atoms with Crippen molar-refractivity contribution in [3.8, 4) is 0 Å². The minimum absolute atomic E-state index is 0.267. The molecule has 1 atom stereocenters. The van der Waals surface area contributed by atoms with E-state index in [-0.39, 0.29) is 5.82 Å². The van der Waals surface area contributed by atoms with Crippen molar-refractivity contribution in [2.75, 3.05) is 0 Å². The zero-order valence-electron chi connectivity index (χ0n) is 7.78. The summed E-state index contributed by atoms with van der Waals surface area (Å²) in [5, 5.41) is 3.87. The third-order valence-corrected chi connectivity index (χ3v) is 3.39. The van der Waals surface area contributed by atoms with Crippen LogP contribution in [0.5, 0.6) is 0 Å². The standard InChI is InChI=1S/C11H9BrFNS/c12-8-1-2-10(13)9(5-8)11(14)7-3-4-15-6-7/h1-6,11H,14H2/t11-/m0/s1. The molecule has 4 heteroatoms. The quantitative estimate of drug-likeness (QED) is 0.895. The molecule has 1 heterocycles. The lowest BCUT2D eigenvalue weighted by molar-refractivity contribution is 0.599. The van der Waals surface area contributed by atoms with Crippen molar-refractivity contribution in [3.05, 3.63) is 56.4 Å². The smallest absolute Gasteiger partial charge is 0.128 e. The van der Waals surface area contributed by atoms with Gasteiger partial charge in [0.1, 0.15) is 5.82 Å². The zero-order chi connectivity index (χ0) is 10.8. The topological polar surface area (TPSA) is 26.0 Å². The molecule has 1 aromatic carbocycles. The van der Waals surface area contributed by atoms with Gasteiger partial charge in [0.25, 0.3) is 0 Å². The van der Waals surface area contributed by atoms with Crippen molar-refractivity contribution in [3.63, 3.8) is 0 Å². The average Bonchev–Trinajstić information content (AvgIpc) is 2.74. The molecule has 2 N–H and O–H groups in total. The zero-order valence-corrected chi connectivity index (χ0v) is 10.2. The summed E-state index contributed by atoms with van der Waals surface area (Å²) in [5.74, 6) is -0.267. The van der Waals surface area contributed by atoms with Gasteiger partial charge in [-0.05, 0) is 40.6 Å². The molecule has 0 spiro atoms. The Morgan fingerprint density at radius 2 is 2.13 bits per heavy atom. The van der Waals surface area contributed by atoms with Crippen molar-refractivity contribution in [1.82, 2.24) is 0 Å². The van der Waals surface area contributed by atoms with Crippen LogP contribution in [0.1, 0.15) is 17.2 Å². The first-order valence-electron chi connectivity index (χ1n) is 4.41. The summed E-state index contributed by atoms with van der Waals surface area (Å²) in [6.07, 6.45) is 0. The molecule has 0 amide bonds. The molecule has 1 aromatic heterocycles. The summed E-state index contributed by atoms with van der Waals surface area (Å²) in [5.41, 5.74) is 7.43. The Bertz CT molecular complexity index is 456. The first-order chi connectivity index (χ1) is 7.18. The maximum Gasteiger partial charge on any atom is 0.128 e. The van der Waals surface area contributed by atoms with Crippen LogP contribution < -0.4 is 5.73 Å². The van der Waals surface area contributed by atoms with E-state index in [0.29, 0.717) is 5.56 Å². The van der Waals surface area contributed by atoms with Crippen LogP contribution in [0.3, 0.4) is 0 Å². The van der Waals surface area contributed by atoms with Crippen LogP contribution in [-0.4, -0.2) is 0 Å². The van der Waals surface area contributed by atoms with E-state index < -0.39 is 6.04 Å². The average molecular weight is 286 g/mol. The lowest BCUT2D eigenvalue weighted by Crippen LogP contribution is -2.12. The lowest BCUT2D eigenvalue weighted by atomic mass is 10.0. The molecule has 2 rings (SSSR count). The maximum absolute atomic E-state index is 13.5. The summed E-state index contributed by atoms with van der Waals surface area (Å²) < 4.78 is 14.4. The monoisotopic (exact) mass is 285 g/mol. The molecule has 0 aliphatic heterocycles. The minimum Gasteiger partial charge on any atom is -0.320 e. The summed E-state index contributed by atoms with van der Waals surface area (Å²) in [6, 6.07) is 6.33. The van der Waals surface area contributed by atoms with Crippen molar-refractivity contribution < 1.29 is 4.39 Å². The Morgan fingerprint density at radius 1 is 1.33 bits per heavy atom. The van der Waals surface area contributed by atoms with E-state index >= 15 is 0 Å². The third-order valence-electron chi connectivity index (χ3n) is 2.20. The Balaban J connectivity index is 2.41. The van der Waals surface area contributed by atoms with Gasteiger partial charge in [-0.2, -0.15) is 11.3 Å². The summed E-state index contributed by atoms with van der Waals surface area (Å²) in [6.45, 7) is 0. The molecule has 78 valence electrons. The fourth-order valence-electron chi connectivity index (χ4n) is 1.38. The minimum atomic E-state index is -0.395. The fourth-order valence-corrected chi connectivity index (χ4v) is 2.46. The Morgan fingerprint density at radius 3 is 2.80 bits per heavy atom. The molecule has 0 aliphatic rings. The highest BCUT2D eigenvalue weighted by atomic mass is 79.9. The molecule has 0 unspecified atom stereocenters. The number of thiophene rings is 1. The summed E-state index contributed by atoms with van der Waals surface area (Å²) >= 11 is 4.87. The molecule has 15 heavy (non-hydrogen) atoms. The number of nitrogens with two attached hydrogens (primary N) is 1. The third kappa shape index (κ3) is 2.27. The van der Waals surface area contributed by atoms with Crippen LogP contribution in [0, 0.1) is 5.82 Å². The van der Waals surface area contributed by atoms with Crippen LogP contribution in [0.15, 0.2) is 39.5 Å². The Kier molecular flexibility index (Phi) is 3.19. The predicted molar refractivity (Wildman–Crippen MR) is 64.4 cm³/mol. The van der Waals surface area contributed by atoms with E-state index in [4.69, 9.17) is 5.73 Å². The van der Waals surface area contributed by atoms with E-state index in [1.807, 2.05) is 16.8 Å². The fraction of sp³-hybridized carbons (Fsp3) is 0.0909. The van der Waals surface area contributed by atoms with Crippen molar-refractivity contribution >= 4 is 27.3 Å².